The van der Waals surface area contributed by atoms with E-state index in [1.807, 2.05) is 0 Å². The third-order valence-corrected chi connectivity index (χ3v) is 7.40. The van der Waals surface area contributed by atoms with Crippen LogP contribution in [-0.2, 0) is 4.79 Å². The molecular weight excluding hydrogens is 324 g/mol. The molecule has 152 valence electrons. The van der Waals surface area contributed by atoms with Gasteiger partial charge in [0.05, 0.1) is 0 Å². The largest absolute Gasteiger partial charge is 0.389 e. The van der Waals surface area contributed by atoms with E-state index in [0.717, 1.165) is 24.3 Å². The van der Waals surface area contributed by atoms with Gasteiger partial charge in [-0.15, -0.1) is 0 Å². The van der Waals surface area contributed by atoms with E-state index in [9.17, 15) is 4.79 Å². The number of nitrogens with zero attached hydrogens (tertiary/aromatic N) is 1. The minimum Gasteiger partial charge on any atom is -0.389 e. The van der Waals surface area contributed by atoms with Crippen LogP contribution in [0.15, 0.2) is 0 Å². The lowest BCUT2D eigenvalue weighted by Crippen LogP contribution is -2.46. The molecule has 1 atom stereocenters. The number of likely N-dealkylation sites (tertiary alicyclic amines) is 1. The number of rotatable bonds is 8. The third kappa shape index (κ3) is 6.03. The fourth-order valence-corrected chi connectivity index (χ4v) is 5.73. The van der Waals surface area contributed by atoms with Crippen LogP contribution in [0.1, 0.15) is 78.5 Å². The lowest BCUT2D eigenvalue weighted by Gasteiger charge is -2.41. The third-order valence-electron chi connectivity index (χ3n) is 7.40. The molecule has 0 spiro atoms. The highest BCUT2D eigenvalue weighted by Gasteiger charge is 2.30. The Kier molecular flexibility index (Phi) is 8.41. The number of aliphatic hydroxyl groups excluding tert-OH is 1. The summed E-state index contributed by atoms with van der Waals surface area (Å²) in [6, 6.07) is 0.813. The zero-order chi connectivity index (χ0) is 18.2. The van der Waals surface area contributed by atoms with Gasteiger partial charge in [0.15, 0.2) is 5.78 Å². The van der Waals surface area contributed by atoms with Gasteiger partial charge >= 0.3 is 0 Å². The van der Waals surface area contributed by atoms with Crippen molar-refractivity contribution < 1.29 is 11.3 Å². The second kappa shape index (κ2) is 10.8. The molecule has 2 saturated heterocycles. The number of hydrogen-bond acceptors (Lipinski definition) is 4. The van der Waals surface area contributed by atoms with Gasteiger partial charge < -0.3 is 15.3 Å². The van der Waals surface area contributed by atoms with Crippen LogP contribution in [-0.4, -0.2) is 54.6 Å². The highest BCUT2D eigenvalue weighted by Crippen LogP contribution is 2.38. The van der Waals surface area contributed by atoms with Crippen molar-refractivity contribution in [3.8, 4) is 0 Å². The molecule has 1 saturated carbocycles. The summed E-state index contributed by atoms with van der Waals surface area (Å²) < 4.78 is 0. The second-order valence-electron chi connectivity index (χ2n) is 9.09. The zero-order valence-corrected chi connectivity index (χ0v) is 16.6. The maximum absolute atomic E-state index is 11.6. The van der Waals surface area contributed by atoms with Crippen molar-refractivity contribution in [1.82, 2.24) is 10.2 Å². The molecule has 2 N–H and O–H groups in total. The van der Waals surface area contributed by atoms with E-state index in [4.69, 9.17) is 5.11 Å². The quantitative estimate of drug-likeness (QED) is 0.689. The molecule has 26 heavy (non-hydrogen) atoms. The van der Waals surface area contributed by atoms with Gasteiger partial charge in [0.25, 0.3) is 0 Å². The van der Waals surface area contributed by atoms with E-state index < -0.39 is 0 Å². The molecule has 3 fully saturated rings. The fourth-order valence-electron chi connectivity index (χ4n) is 5.73. The maximum Gasteiger partial charge on any atom is 0.158 e. The van der Waals surface area contributed by atoms with Crippen LogP contribution in [0.4, 0.5) is 0 Å². The van der Waals surface area contributed by atoms with Crippen LogP contribution in [0.3, 0.4) is 0 Å². The Balaban J connectivity index is 0.00000261. The first kappa shape index (κ1) is 20.3. The second-order valence-corrected chi connectivity index (χ2v) is 9.09. The molecule has 0 radical (unpaired) electrons. The van der Waals surface area contributed by atoms with Gasteiger partial charge in [-0.25, -0.2) is 0 Å². The predicted molar refractivity (Wildman–Crippen MR) is 108 cm³/mol. The molecule has 2 aliphatic heterocycles. The Labute approximate surface area is 161 Å². The van der Waals surface area contributed by atoms with Crippen LogP contribution >= 0.6 is 0 Å². The van der Waals surface area contributed by atoms with Gasteiger partial charge in [0, 0.05) is 13.9 Å². The molecule has 0 aromatic heterocycles. The van der Waals surface area contributed by atoms with Crippen LogP contribution in [0, 0.1) is 17.8 Å². The molecule has 4 heteroatoms. The minimum absolute atomic E-state index is 0. The van der Waals surface area contributed by atoms with Gasteiger partial charge in [0.1, 0.15) is 6.61 Å². The minimum atomic E-state index is -0.272. The van der Waals surface area contributed by atoms with Gasteiger partial charge in [-0.1, -0.05) is 32.1 Å². The molecule has 0 amide bonds. The molecule has 1 aliphatic carbocycles. The summed E-state index contributed by atoms with van der Waals surface area (Å²) in [5, 5.41) is 12.6. The van der Waals surface area contributed by atoms with E-state index >= 15 is 0 Å². The van der Waals surface area contributed by atoms with E-state index in [-0.39, 0.29) is 13.8 Å². The summed E-state index contributed by atoms with van der Waals surface area (Å²) in [6.45, 7) is 4.66. The van der Waals surface area contributed by atoms with Crippen molar-refractivity contribution in [1.29, 1.82) is 0 Å². The first-order chi connectivity index (χ1) is 12.8. The first-order valence-corrected chi connectivity index (χ1v) is 11.3. The van der Waals surface area contributed by atoms with Crippen molar-refractivity contribution in [2.45, 2.75) is 83.1 Å². The average molecular weight is 367 g/mol. The number of carbonyl (C=O) groups excluding carboxylic acids is 1. The summed E-state index contributed by atoms with van der Waals surface area (Å²) >= 11 is 0. The van der Waals surface area contributed by atoms with E-state index in [2.05, 4.69) is 10.2 Å². The molecule has 3 rings (SSSR count). The van der Waals surface area contributed by atoms with Crippen LogP contribution in [0.25, 0.3) is 0 Å². The van der Waals surface area contributed by atoms with Crippen molar-refractivity contribution in [2.24, 2.45) is 17.8 Å². The van der Waals surface area contributed by atoms with Gasteiger partial charge in [-0.2, -0.15) is 0 Å². The number of carbonyl (C=O) groups is 1. The number of Topliss-reactive ketones (excluding diaryl/α,β-unsaturated/α-hetero) is 1. The standard InChI is InChI=1S/C22H40N2O2.H2/c25-17-22(26)7-6-20(19-4-2-1-3-5-19)16-18-10-14-24(15-11-18)21-8-12-23-13-9-21;/h18-21,23,25H,1-17H2;1H. The summed E-state index contributed by atoms with van der Waals surface area (Å²) in [6.07, 6.45) is 15.1. The SMILES string of the molecule is O=C(CO)CCC(CC1CCN(C2CCNCC2)CC1)C1CCCCC1.[HH]. The Morgan fingerprint density at radius 2 is 1.73 bits per heavy atom. The van der Waals surface area contributed by atoms with Crippen molar-refractivity contribution in [3.05, 3.63) is 0 Å². The monoisotopic (exact) mass is 366 g/mol. The normalized spacial score (nSPS) is 26.0. The molecule has 2 heterocycles. The summed E-state index contributed by atoms with van der Waals surface area (Å²) in [4.78, 5) is 14.4. The molecule has 0 aromatic carbocycles. The highest BCUT2D eigenvalue weighted by molar-refractivity contribution is 5.79. The average Bonchev–Trinajstić information content (AvgIpc) is 2.72. The van der Waals surface area contributed by atoms with Crippen molar-refractivity contribution >= 4 is 5.78 Å². The smallest absolute Gasteiger partial charge is 0.158 e. The molecule has 3 aliphatic rings. The van der Waals surface area contributed by atoms with Gasteiger partial charge in [0.2, 0.25) is 0 Å². The van der Waals surface area contributed by atoms with Crippen LogP contribution in [0.5, 0.6) is 0 Å². The molecule has 0 bridgehead atoms. The molecule has 4 nitrogen and oxygen atoms in total. The van der Waals surface area contributed by atoms with E-state index in [1.165, 1.54) is 90.4 Å². The number of piperidine rings is 2. The number of hydrogen-bond donors (Lipinski definition) is 2. The molecule has 1 unspecified atom stereocenters. The lowest BCUT2D eigenvalue weighted by molar-refractivity contribution is -0.122. The van der Waals surface area contributed by atoms with Gasteiger partial charge in [-0.05, 0) is 82.5 Å². The topological polar surface area (TPSA) is 52.6 Å². The summed E-state index contributed by atoms with van der Waals surface area (Å²) in [7, 11) is 0. The zero-order valence-electron chi connectivity index (χ0n) is 16.6. The van der Waals surface area contributed by atoms with Crippen molar-refractivity contribution in [2.75, 3.05) is 32.8 Å². The fraction of sp³-hybridized carbons (Fsp3) is 0.955. The highest BCUT2D eigenvalue weighted by atomic mass is 16.3. The molecule has 0 aromatic rings. The first-order valence-electron chi connectivity index (χ1n) is 11.3. The Hall–Kier alpha value is -0.450. The number of nitrogens with one attached hydrogen (secondary N) is 1. The molecular formula is C22H42N2O2. The summed E-state index contributed by atoms with van der Waals surface area (Å²) in [5.41, 5.74) is 0. The Morgan fingerprint density at radius 1 is 1.04 bits per heavy atom. The van der Waals surface area contributed by atoms with E-state index in [1.54, 1.807) is 0 Å². The number of ketones is 1. The maximum atomic E-state index is 11.6. The Morgan fingerprint density at radius 3 is 2.38 bits per heavy atom. The lowest BCUT2D eigenvalue weighted by atomic mass is 9.72. The Bertz CT molecular complexity index is 415. The number of aliphatic hydroxyl groups is 1. The summed E-state index contributed by atoms with van der Waals surface area (Å²) in [5.74, 6) is 2.43. The van der Waals surface area contributed by atoms with Crippen LogP contribution in [0.2, 0.25) is 0 Å². The van der Waals surface area contributed by atoms with Crippen molar-refractivity contribution in [3.63, 3.8) is 0 Å². The predicted octanol–water partition coefficient (Wildman–Crippen LogP) is 3.62. The van der Waals surface area contributed by atoms with E-state index in [0.29, 0.717) is 12.3 Å². The van der Waals surface area contributed by atoms with Gasteiger partial charge in [-0.3, -0.25) is 4.79 Å². The van der Waals surface area contributed by atoms with Crippen LogP contribution < -0.4 is 5.32 Å².